The Hall–Kier alpha value is -2.04. The molecule has 0 amide bonds. The molecule has 0 atom stereocenters. The fourth-order valence-corrected chi connectivity index (χ4v) is 2.51. The highest BCUT2D eigenvalue weighted by molar-refractivity contribution is 6.30. The van der Waals surface area contributed by atoms with Crippen LogP contribution in [0.1, 0.15) is 11.1 Å². The van der Waals surface area contributed by atoms with Crippen LogP contribution in [0.3, 0.4) is 0 Å². The number of nitrogens with one attached hydrogen (secondary N) is 2. The van der Waals surface area contributed by atoms with Crippen LogP contribution in [0.2, 0.25) is 5.02 Å². The van der Waals surface area contributed by atoms with Crippen molar-refractivity contribution in [2.75, 3.05) is 30.5 Å². The van der Waals surface area contributed by atoms with Crippen LogP contribution in [0.5, 0.6) is 0 Å². The smallest absolute Gasteiger partial charge is 0.126 e. The lowest BCUT2D eigenvalue weighted by atomic mass is 10.1. The summed E-state index contributed by atoms with van der Waals surface area (Å²) in [5, 5.41) is 7.30. The predicted octanol–water partition coefficient (Wildman–Crippen LogP) is 3.94. The molecule has 4 nitrogen and oxygen atoms in total. The fraction of sp³-hybridized carbons (Fsp3) is 0.235. The largest absolute Gasteiger partial charge is 0.366 e. The normalized spacial score (nSPS) is 16.5. The number of ether oxygens (including phenoxy) is 1. The van der Waals surface area contributed by atoms with Crippen molar-refractivity contribution in [3.63, 3.8) is 0 Å². The number of fused-ring (bicyclic) bond motifs is 1. The van der Waals surface area contributed by atoms with Crippen molar-refractivity contribution in [2.24, 2.45) is 0 Å². The van der Waals surface area contributed by atoms with Crippen LogP contribution in [-0.2, 0) is 4.74 Å². The number of hydrogen-bond acceptors (Lipinski definition) is 4. The molecule has 0 aliphatic carbocycles. The number of hydrogen-bond donors (Lipinski definition) is 2. The van der Waals surface area contributed by atoms with E-state index >= 15 is 0 Å². The van der Waals surface area contributed by atoms with Crippen LogP contribution >= 0.6 is 11.6 Å². The van der Waals surface area contributed by atoms with Gasteiger partial charge in [-0.05, 0) is 60.0 Å². The van der Waals surface area contributed by atoms with Gasteiger partial charge in [0.2, 0.25) is 0 Å². The lowest BCUT2D eigenvalue weighted by Gasteiger charge is -2.17. The first kappa shape index (κ1) is 14.9. The molecule has 22 heavy (non-hydrogen) atoms. The van der Waals surface area contributed by atoms with Gasteiger partial charge in [0.1, 0.15) is 12.5 Å². The molecule has 2 aromatic rings. The van der Waals surface area contributed by atoms with Gasteiger partial charge in [-0.15, -0.1) is 0 Å². The molecule has 1 aliphatic rings. The summed E-state index contributed by atoms with van der Waals surface area (Å²) in [6.07, 6.45) is 3.91. The summed E-state index contributed by atoms with van der Waals surface area (Å²) < 4.78 is 5.61. The zero-order valence-electron chi connectivity index (χ0n) is 12.4. The average molecular weight is 316 g/mol. The molecule has 0 saturated carbocycles. The van der Waals surface area contributed by atoms with Gasteiger partial charge in [-0.2, -0.15) is 0 Å². The zero-order chi connectivity index (χ0) is 15.4. The van der Waals surface area contributed by atoms with Crippen LogP contribution in [0.15, 0.2) is 42.1 Å². The SMILES string of the molecule is Cc1ccnc(NC/C2=C/c3cc(Cl)ccc3NCOC2)c1. The second-order valence-electron chi connectivity index (χ2n) is 5.28. The van der Waals surface area contributed by atoms with E-state index in [0.717, 1.165) is 27.7 Å². The lowest BCUT2D eigenvalue weighted by molar-refractivity contribution is 0.175. The third kappa shape index (κ3) is 3.78. The highest BCUT2D eigenvalue weighted by Crippen LogP contribution is 2.24. The van der Waals surface area contributed by atoms with E-state index in [2.05, 4.69) is 28.6 Å². The van der Waals surface area contributed by atoms with E-state index in [1.165, 1.54) is 5.56 Å². The van der Waals surface area contributed by atoms with Crippen molar-refractivity contribution in [2.45, 2.75) is 6.92 Å². The molecule has 3 rings (SSSR count). The Kier molecular flexibility index (Phi) is 4.61. The van der Waals surface area contributed by atoms with E-state index in [9.17, 15) is 0 Å². The molecule has 0 unspecified atom stereocenters. The Labute approximate surface area is 135 Å². The molecule has 2 N–H and O–H groups in total. The Morgan fingerprint density at radius 2 is 2.23 bits per heavy atom. The van der Waals surface area contributed by atoms with Crippen molar-refractivity contribution in [1.82, 2.24) is 4.98 Å². The minimum atomic E-state index is 0.481. The summed E-state index contributed by atoms with van der Waals surface area (Å²) >= 11 is 6.09. The Morgan fingerprint density at radius 3 is 3.09 bits per heavy atom. The third-order valence-electron chi connectivity index (χ3n) is 3.44. The van der Waals surface area contributed by atoms with Crippen molar-refractivity contribution < 1.29 is 4.74 Å². The number of halogens is 1. The minimum Gasteiger partial charge on any atom is -0.366 e. The zero-order valence-corrected chi connectivity index (χ0v) is 13.2. The molecule has 2 heterocycles. The maximum Gasteiger partial charge on any atom is 0.126 e. The maximum atomic E-state index is 6.09. The number of rotatable bonds is 3. The lowest BCUT2D eigenvalue weighted by Crippen LogP contribution is -2.16. The number of anilines is 2. The summed E-state index contributed by atoms with van der Waals surface area (Å²) in [5.41, 5.74) is 4.43. The van der Waals surface area contributed by atoms with E-state index in [1.807, 2.05) is 30.3 Å². The van der Waals surface area contributed by atoms with Crippen molar-refractivity contribution in [1.29, 1.82) is 0 Å². The third-order valence-corrected chi connectivity index (χ3v) is 3.67. The topological polar surface area (TPSA) is 46.2 Å². The van der Waals surface area contributed by atoms with Gasteiger partial charge in [0, 0.05) is 23.5 Å². The molecule has 5 heteroatoms. The number of benzene rings is 1. The molecule has 0 bridgehead atoms. The number of aryl methyl sites for hydroxylation is 1. The average Bonchev–Trinajstić information content (AvgIpc) is 2.48. The van der Waals surface area contributed by atoms with Gasteiger partial charge in [0.05, 0.1) is 6.61 Å². The molecule has 0 saturated heterocycles. The van der Waals surface area contributed by atoms with E-state index < -0.39 is 0 Å². The highest BCUT2D eigenvalue weighted by Gasteiger charge is 2.08. The van der Waals surface area contributed by atoms with Crippen molar-refractivity contribution in [3.05, 3.63) is 58.3 Å². The Bertz CT molecular complexity index is 700. The quantitative estimate of drug-likeness (QED) is 0.900. The molecule has 114 valence electrons. The van der Waals surface area contributed by atoms with Gasteiger partial charge in [0.15, 0.2) is 0 Å². The first-order valence-electron chi connectivity index (χ1n) is 7.18. The van der Waals surface area contributed by atoms with Crippen LogP contribution in [0.25, 0.3) is 6.08 Å². The number of pyridine rings is 1. The van der Waals surface area contributed by atoms with Crippen molar-refractivity contribution in [3.8, 4) is 0 Å². The van der Waals surface area contributed by atoms with Crippen molar-refractivity contribution >= 4 is 29.2 Å². The molecule has 0 radical (unpaired) electrons. The monoisotopic (exact) mass is 315 g/mol. The van der Waals surface area contributed by atoms with Gasteiger partial charge in [0.25, 0.3) is 0 Å². The molecule has 1 aromatic carbocycles. The summed E-state index contributed by atoms with van der Waals surface area (Å²) in [7, 11) is 0. The summed E-state index contributed by atoms with van der Waals surface area (Å²) in [5.74, 6) is 0.868. The second-order valence-corrected chi connectivity index (χ2v) is 5.71. The van der Waals surface area contributed by atoms with Crippen LogP contribution in [0, 0.1) is 6.92 Å². The molecular formula is C17H18ClN3O. The summed E-state index contributed by atoms with van der Waals surface area (Å²) in [6.45, 7) is 3.78. The summed E-state index contributed by atoms with van der Waals surface area (Å²) in [4.78, 5) is 4.31. The minimum absolute atomic E-state index is 0.481. The van der Waals surface area contributed by atoms with Gasteiger partial charge >= 0.3 is 0 Å². The first-order valence-corrected chi connectivity index (χ1v) is 7.56. The van der Waals surface area contributed by atoms with Crippen LogP contribution in [0.4, 0.5) is 11.5 Å². The molecule has 1 aliphatic heterocycles. The predicted molar refractivity (Wildman–Crippen MR) is 91.3 cm³/mol. The van der Waals surface area contributed by atoms with Gasteiger partial charge in [-0.3, -0.25) is 0 Å². The second kappa shape index (κ2) is 6.81. The standard InChI is InChI=1S/C17H18ClN3O/c1-12-4-5-19-17(6-12)20-9-13-7-14-8-15(18)2-3-16(14)21-11-22-10-13/h2-8,21H,9-11H2,1H3,(H,19,20)/b13-7-. The van der Waals surface area contributed by atoms with E-state index in [0.29, 0.717) is 19.9 Å². The van der Waals surface area contributed by atoms with E-state index in [4.69, 9.17) is 16.3 Å². The van der Waals surface area contributed by atoms with E-state index in [1.54, 1.807) is 6.20 Å². The molecule has 1 aromatic heterocycles. The van der Waals surface area contributed by atoms with Crippen LogP contribution in [-0.4, -0.2) is 24.9 Å². The van der Waals surface area contributed by atoms with Gasteiger partial charge in [-0.25, -0.2) is 4.98 Å². The Morgan fingerprint density at radius 1 is 1.32 bits per heavy atom. The van der Waals surface area contributed by atoms with Crippen LogP contribution < -0.4 is 10.6 Å². The molecule has 0 spiro atoms. The van der Waals surface area contributed by atoms with Gasteiger partial charge in [-0.1, -0.05) is 11.6 Å². The summed E-state index contributed by atoms with van der Waals surface area (Å²) in [6, 6.07) is 9.80. The number of aromatic nitrogens is 1. The van der Waals surface area contributed by atoms with E-state index in [-0.39, 0.29) is 0 Å². The number of nitrogens with zero attached hydrogens (tertiary/aromatic N) is 1. The Balaban J connectivity index is 1.79. The highest BCUT2D eigenvalue weighted by atomic mass is 35.5. The fourth-order valence-electron chi connectivity index (χ4n) is 2.33. The molecular weight excluding hydrogens is 298 g/mol. The van der Waals surface area contributed by atoms with Gasteiger partial charge < -0.3 is 15.4 Å². The first-order chi connectivity index (χ1) is 10.7. The maximum absolute atomic E-state index is 6.09. The molecule has 0 fully saturated rings.